The van der Waals surface area contributed by atoms with Gasteiger partial charge in [-0.25, -0.2) is 9.78 Å². The number of hydrogen-bond donors (Lipinski definition) is 2. The normalized spacial score (nSPS) is 11.2. The number of carbonyl (C=O) groups is 1. The Bertz CT molecular complexity index is 1040. The van der Waals surface area contributed by atoms with E-state index in [4.69, 9.17) is 9.84 Å². The first-order valence-electron chi connectivity index (χ1n) is 7.84. The van der Waals surface area contributed by atoms with E-state index in [2.05, 4.69) is 24.6 Å². The van der Waals surface area contributed by atoms with Crippen molar-refractivity contribution in [2.24, 2.45) is 0 Å². The van der Waals surface area contributed by atoms with Crippen LogP contribution in [0.15, 0.2) is 30.6 Å². The molecule has 0 aliphatic rings. The van der Waals surface area contributed by atoms with Gasteiger partial charge < -0.3 is 15.2 Å². The highest BCUT2D eigenvalue weighted by molar-refractivity contribution is 7.09. The molecular weight excluding hydrogens is 413 g/mol. The van der Waals surface area contributed by atoms with Crippen molar-refractivity contribution < 1.29 is 27.8 Å². The zero-order valence-corrected chi connectivity index (χ0v) is 15.7. The Kier molecular flexibility index (Phi) is 5.50. The minimum absolute atomic E-state index is 0.121. The Morgan fingerprint density at radius 1 is 1.31 bits per heavy atom. The fourth-order valence-electron chi connectivity index (χ4n) is 2.20. The van der Waals surface area contributed by atoms with Crippen LogP contribution in [0.4, 0.5) is 34.6 Å². The van der Waals surface area contributed by atoms with Gasteiger partial charge in [0.05, 0.1) is 18.4 Å². The quantitative estimate of drug-likeness (QED) is 0.632. The number of hydrogen-bond acceptors (Lipinski definition) is 8. The Morgan fingerprint density at radius 2 is 2.07 bits per heavy atom. The maximum absolute atomic E-state index is 13.0. The summed E-state index contributed by atoms with van der Waals surface area (Å²) in [5.41, 5.74) is -0.940. The van der Waals surface area contributed by atoms with Crippen molar-refractivity contribution in [2.45, 2.75) is 6.18 Å². The molecule has 0 aliphatic heterocycles. The van der Waals surface area contributed by atoms with Gasteiger partial charge in [-0.3, -0.25) is 9.88 Å². The van der Waals surface area contributed by atoms with Crippen LogP contribution in [-0.4, -0.2) is 44.7 Å². The van der Waals surface area contributed by atoms with Crippen LogP contribution in [0.3, 0.4) is 0 Å². The third kappa shape index (κ3) is 4.51. The predicted octanol–water partition coefficient (Wildman–Crippen LogP) is 3.88. The number of nitrogens with zero attached hydrogens (tertiary/aromatic N) is 5. The zero-order valence-electron chi connectivity index (χ0n) is 14.9. The van der Waals surface area contributed by atoms with Crippen LogP contribution >= 0.6 is 11.5 Å². The molecule has 0 unspecified atom stereocenters. The fraction of sp³-hybridized carbons (Fsp3) is 0.188. The Balaban J connectivity index is 1.93. The molecule has 0 spiro atoms. The predicted molar refractivity (Wildman–Crippen MR) is 98.6 cm³/mol. The number of nitrogens with one attached hydrogen (secondary N) is 1. The summed E-state index contributed by atoms with van der Waals surface area (Å²) in [6, 6.07) is 3.95. The molecule has 0 bridgehead atoms. The van der Waals surface area contributed by atoms with Gasteiger partial charge in [0.2, 0.25) is 5.13 Å². The van der Waals surface area contributed by atoms with Crippen molar-refractivity contribution in [3.05, 3.63) is 36.2 Å². The summed E-state index contributed by atoms with van der Waals surface area (Å²) in [4.78, 5) is 24.0. The van der Waals surface area contributed by atoms with E-state index in [-0.39, 0.29) is 22.5 Å². The van der Waals surface area contributed by atoms with Gasteiger partial charge in [-0.1, -0.05) is 0 Å². The lowest BCUT2D eigenvalue weighted by Crippen LogP contribution is -2.25. The number of ether oxygens (including phenoxy) is 1. The lowest BCUT2D eigenvalue weighted by atomic mass is 10.2. The number of rotatable bonds is 5. The summed E-state index contributed by atoms with van der Waals surface area (Å²) >= 11 is 0.910. The van der Waals surface area contributed by atoms with E-state index in [9.17, 15) is 18.0 Å². The molecule has 0 saturated heterocycles. The molecule has 0 aliphatic carbocycles. The van der Waals surface area contributed by atoms with E-state index in [1.54, 1.807) is 12.1 Å². The highest BCUT2D eigenvalue weighted by Crippen LogP contribution is 2.35. The van der Waals surface area contributed by atoms with Crippen LogP contribution in [0.1, 0.15) is 5.56 Å². The summed E-state index contributed by atoms with van der Waals surface area (Å²) in [6.45, 7) is 0. The first-order valence-corrected chi connectivity index (χ1v) is 8.61. The molecule has 29 heavy (non-hydrogen) atoms. The van der Waals surface area contributed by atoms with Crippen LogP contribution < -0.4 is 15.0 Å². The molecule has 0 radical (unpaired) electrons. The summed E-state index contributed by atoms with van der Waals surface area (Å²) in [6.07, 6.45) is -4.01. The van der Waals surface area contributed by atoms with Crippen molar-refractivity contribution in [3.8, 4) is 17.3 Å². The number of alkyl halides is 3. The molecule has 3 aromatic heterocycles. The second kappa shape index (κ2) is 7.87. The first kappa shape index (κ1) is 20.3. The van der Waals surface area contributed by atoms with E-state index in [0.717, 1.165) is 18.6 Å². The summed E-state index contributed by atoms with van der Waals surface area (Å²) < 4.78 is 48.2. The van der Waals surface area contributed by atoms with Gasteiger partial charge in [0.15, 0.2) is 11.6 Å². The smallest absolute Gasteiger partial charge is 0.417 e. The maximum atomic E-state index is 13.0. The van der Waals surface area contributed by atoms with Crippen LogP contribution in [0, 0.1) is 0 Å². The molecule has 0 saturated carbocycles. The SMILES string of the molecule is COc1ccnc(-c2nsc(Nc3ncc(C(F)(F)F)cc3N(C)C(=O)O)n2)c1. The third-order valence-electron chi connectivity index (χ3n) is 3.69. The minimum Gasteiger partial charge on any atom is -0.497 e. The number of aromatic nitrogens is 4. The van der Waals surface area contributed by atoms with E-state index >= 15 is 0 Å². The summed E-state index contributed by atoms with van der Waals surface area (Å²) in [5, 5.41) is 12.1. The van der Waals surface area contributed by atoms with Gasteiger partial charge in [-0.2, -0.15) is 22.5 Å². The Morgan fingerprint density at radius 3 is 2.72 bits per heavy atom. The monoisotopic (exact) mass is 426 g/mol. The molecule has 2 N–H and O–H groups in total. The van der Waals surface area contributed by atoms with E-state index in [0.29, 0.717) is 28.6 Å². The molecule has 3 aromatic rings. The van der Waals surface area contributed by atoms with E-state index in [1.165, 1.54) is 13.3 Å². The van der Waals surface area contributed by atoms with Gasteiger partial charge in [-0.05, 0) is 12.1 Å². The molecule has 0 aromatic carbocycles. The molecule has 3 heterocycles. The van der Waals surface area contributed by atoms with Crippen molar-refractivity contribution in [3.63, 3.8) is 0 Å². The number of anilines is 3. The number of pyridine rings is 2. The highest BCUT2D eigenvalue weighted by Gasteiger charge is 2.33. The van der Waals surface area contributed by atoms with Gasteiger partial charge in [0, 0.05) is 37.0 Å². The van der Waals surface area contributed by atoms with Gasteiger partial charge in [-0.15, -0.1) is 0 Å². The van der Waals surface area contributed by atoms with Crippen LogP contribution in [0.25, 0.3) is 11.5 Å². The average Bonchev–Trinajstić information content (AvgIpc) is 3.15. The molecule has 152 valence electrons. The zero-order chi connectivity index (χ0) is 21.2. The standard InChI is InChI=1S/C16H13F3N6O3S/c1-25(15(26)27)11-5-8(16(17,18)19)7-21-13(11)23-14-22-12(24-29-14)10-6-9(28-2)3-4-20-10/h3-7H,1-2H3,(H,26,27)(H,21,22,23,24). The highest BCUT2D eigenvalue weighted by atomic mass is 32.1. The van der Waals surface area contributed by atoms with Crippen molar-refractivity contribution in [1.29, 1.82) is 0 Å². The molecule has 9 nitrogen and oxygen atoms in total. The fourth-order valence-corrected chi connectivity index (χ4v) is 2.78. The topological polar surface area (TPSA) is 113 Å². The maximum Gasteiger partial charge on any atom is 0.417 e. The number of halogens is 3. The summed E-state index contributed by atoms with van der Waals surface area (Å²) in [7, 11) is 2.60. The van der Waals surface area contributed by atoms with Crippen molar-refractivity contribution >= 4 is 34.3 Å². The number of amides is 1. The van der Waals surface area contributed by atoms with Crippen molar-refractivity contribution in [1.82, 2.24) is 19.3 Å². The van der Waals surface area contributed by atoms with Crippen molar-refractivity contribution in [2.75, 3.05) is 24.4 Å². The average molecular weight is 426 g/mol. The van der Waals surface area contributed by atoms with Gasteiger partial charge >= 0.3 is 12.3 Å². The molecule has 0 atom stereocenters. The third-order valence-corrected chi connectivity index (χ3v) is 4.32. The van der Waals surface area contributed by atoms with Crippen LogP contribution in [0.2, 0.25) is 0 Å². The largest absolute Gasteiger partial charge is 0.497 e. The molecule has 13 heteroatoms. The molecule has 3 rings (SSSR count). The number of carboxylic acid groups (broad SMARTS) is 1. The number of methoxy groups -OCH3 is 1. The van der Waals surface area contributed by atoms with Crippen LogP contribution in [0.5, 0.6) is 5.75 Å². The second-order valence-corrected chi connectivity index (χ2v) is 6.31. The van der Waals surface area contributed by atoms with E-state index in [1.807, 2.05) is 0 Å². The first-order chi connectivity index (χ1) is 13.7. The minimum atomic E-state index is -4.67. The lowest BCUT2D eigenvalue weighted by molar-refractivity contribution is -0.137. The molecule has 1 amide bonds. The summed E-state index contributed by atoms with van der Waals surface area (Å²) in [5.74, 6) is 0.690. The Hall–Kier alpha value is -3.48. The van der Waals surface area contributed by atoms with Gasteiger partial charge in [0.25, 0.3) is 0 Å². The van der Waals surface area contributed by atoms with E-state index < -0.39 is 17.8 Å². The second-order valence-electron chi connectivity index (χ2n) is 5.56. The van der Waals surface area contributed by atoms with Crippen LogP contribution in [-0.2, 0) is 6.18 Å². The Labute approximate surface area is 166 Å². The molecular formula is C16H13F3N6O3S. The molecule has 0 fully saturated rings. The lowest BCUT2D eigenvalue weighted by Gasteiger charge is -2.18. The van der Waals surface area contributed by atoms with Gasteiger partial charge in [0.1, 0.15) is 11.4 Å².